The number of carbonyl (C=O) groups is 1. The first kappa shape index (κ1) is 15.8. The fourth-order valence-corrected chi connectivity index (χ4v) is 5.11. The Kier molecular flexibility index (Phi) is 3.51. The maximum Gasteiger partial charge on any atom is 0.186 e. The lowest BCUT2D eigenvalue weighted by atomic mass is 9.68. The molecule has 0 atom stereocenters. The normalized spacial score (nSPS) is 20.1. The Balaban J connectivity index is 1.60. The molecule has 1 fully saturated rings. The van der Waals surface area contributed by atoms with Gasteiger partial charge in [-0.05, 0) is 66.8 Å². The lowest BCUT2D eigenvalue weighted by Gasteiger charge is -2.37. The third-order valence-corrected chi connectivity index (χ3v) is 6.51. The standard InChI is InChI=1S/C24H23NO/c1-16-19-8-4-2-6-17(19)14-20(16)23(26)22-15-18-7-3-5-9-21(18)24(22)10-12-25-13-11-24/h2-9,15,25H,10-14H2,1H3. The molecule has 1 heterocycles. The Morgan fingerprint density at radius 1 is 1.00 bits per heavy atom. The van der Waals surface area contributed by atoms with Gasteiger partial charge < -0.3 is 5.32 Å². The predicted molar refractivity (Wildman–Crippen MR) is 106 cm³/mol. The smallest absolute Gasteiger partial charge is 0.186 e. The number of benzene rings is 2. The molecular formula is C24H23NO. The zero-order chi connectivity index (χ0) is 17.7. The molecule has 0 aromatic heterocycles. The van der Waals surface area contributed by atoms with Crippen LogP contribution in [0.5, 0.6) is 0 Å². The summed E-state index contributed by atoms with van der Waals surface area (Å²) in [5, 5.41) is 3.47. The van der Waals surface area contributed by atoms with Gasteiger partial charge in [-0.2, -0.15) is 0 Å². The highest BCUT2D eigenvalue weighted by atomic mass is 16.1. The van der Waals surface area contributed by atoms with Crippen LogP contribution in [-0.2, 0) is 16.6 Å². The van der Waals surface area contributed by atoms with Gasteiger partial charge in [0.25, 0.3) is 0 Å². The third kappa shape index (κ3) is 2.12. The van der Waals surface area contributed by atoms with Crippen molar-refractivity contribution < 1.29 is 4.79 Å². The monoisotopic (exact) mass is 341 g/mol. The van der Waals surface area contributed by atoms with Crippen LogP contribution in [0.3, 0.4) is 0 Å². The summed E-state index contributed by atoms with van der Waals surface area (Å²) in [5.74, 6) is 0.261. The van der Waals surface area contributed by atoms with E-state index >= 15 is 0 Å². The maximum absolute atomic E-state index is 13.7. The number of fused-ring (bicyclic) bond motifs is 3. The van der Waals surface area contributed by atoms with Crippen LogP contribution < -0.4 is 5.32 Å². The summed E-state index contributed by atoms with van der Waals surface area (Å²) in [6, 6.07) is 17.0. The van der Waals surface area contributed by atoms with E-state index in [4.69, 9.17) is 0 Å². The second kappa shape index (κ2) is 5.78. The summed E-state index contributed by atoms with van der Waals surface area (Å²) in [5.41, 5.74) is 8.15. The Bertz CT molecular complexity index is 973. The number of piperidine rings is 1. The lowest BCUT2D eigenvalue weighted by molar-refractivity contribution is -0.112. The number of nitrogens with one attached hydrogen (secondary N) is 1. The Labute approximate surface area is 154 Å². The highest BCUT2D eigenvalue weighted by molar-refractivity contribution is 6.18. The molecule has 2 nitrogen and oxygen atoms in total. The Morgan fingerprint density at radius 2 is 1.73 bits per heavy atom. The van der Waals surface area contributed by atoms with Gasteiger partial charge in [-0.1, -0.05) is 48.5 Å². The molecule has 1 saturated heterocycles. The van der Waals surface area contributed by atoms with Crippen LogP contribution in [0, 0.1) is 0 Å². The molecule has 3 aliphatic rings. The van der Waals surface area contributed by atoms with Gasteiger partial charge in [0.1, 0.15) is 0 Å². The predicted octanol–water partition coefficient (Wildman–Crippen LogP) is 4.30. The average molecular weight is 341 g/mol. The van der Waals surface area contributed by atoms with Crippen molar-refractivity contribution in [2.45, 2.75) is 31.6 Å². The highest BCUT2D eigenvalue weighted by Gasteiger charge is 2.46. The molecular weight excluding hydrogens is 318 g/mol. The molecule has 1 spiro atoms. The van der Waals surface area contributed by atoms with E-state index in [0.29, 0.717) is 0 Å². The second-order valence-corrected chi connectivity index (χ2v) is 7.74. The van der Waals surface area contributed by atoms with Crippen molar-refractivity contribution in [3.63, 3.8) is 0 Å². The highest BCUT2D eigenvalue weighted by Crippen LogP contribution is 2.49. The molecule has 130 valence electrons. The largest absolute Gasteiger partial charge is 0.317 e. The van der Waals surface area contributed by atoms with Crippen molar-refractivity contribution in [1.29, 1.82) is 0 Å². The number of carbonyl (C=O) groups excluding carboxylic acids is 1. The SMILES string of the molecule is CC1=C(C(=O)C2=Cc3ccccc3C23CCNCC3)Cc2ccccc21. The number of hydrogen-bond acceptors (Lipinski definition) is 2. The molecule has 1 N–H and O–H groups in total. The fraction of sp³-hybridized carbons (Fsp3) is 0.292. The van der Waals surface area contributed by atoms with Gasteiger partial charge in [0, 0.05) is 23.0 Å². The number of rotatable bonds is 2. The van der Waals surface area contributed by atoms with Crippen LogP contribution in [-0.4, -0.2) is 18.9 Å². The van der Waals surface area contributed by atoms with E-state index in [1.54, 1.807) is 0 Å². The molecule has 0 saturated carbocycles. The van der Waals surface area contributed by atoms with E-state index < -0.39 is 0 Å². The van der Waals surface area contributed by atoms with Crippen molar-refractivity contribution in [2.75, 3.05) is 13.1 Å². The number of Topliss-reactive ketones (excluding diaryl/α,β-unsaturated/α-hetero) is 1. The first-order valence-electron chi connectivity index (χ1n) is 9.56. The maximum atomic E-state index is 13.7. The third-order valence-electron chi connectivity index (χ3n) is 6.51. The summed E-state index contributed by atoms with van der Waals surface area (Å²) in [6.07, 6.45) is 4.94. The molecule has 2 aliphatic carbocycles. The zero-order valence-electron chi connectivity index (χ0n) is 15.1. The topological polar surface area (TPSA) is 29.1 Å². The molecule has 26 heavy (non-hydrogen) atoms. The van der Waals surface area contributed by atoms with E-state index in [9.17, 15) is 4.79 Å². The van der Waals surface area contributed by atoms with Gasteiger partial charge in [-0.25, -0.2) is 0 Å². The number of ketones is 1. The molecule has 2 aromatic carbocycles. The molecule has 0 bridgehead atoms. The number of allylic oxidation sites excluding steroid dienone is 3. The average Bonchev–Trinajstić information content (AvgIpc) is 3.18. The molecule has 1 aliphatic heterocycles. The van der Waals surface area contributed by atoms with Gasteiger partial charge >= 0.3 is 0 Å². The van der Waals surface area contributed by atoms with Crippen LogP contribution in [0.1, 0.15) is 42.0 Å². The molecule has 0 amide bonds. The van der Waals surface area contributed by atoms with Gasteiger partial charge in [0.05, 0.1) is 0 Å². The first-order valence-corrected chi connectivity index (χ1v) is 9.56. The summed E-state index contributed by atoms with van der Waals surface area (Å²) >= 11 is 0. The minimum atomic E-state index is -0.110. The van der Waals surface area contributed by atoms with Crippen LogP contribution in [0.25, 0.3) is 11.6 Å². The molecule has 5 rings (SSSR count). The molecule has 0 unspecified atom stereocenters. The van der Waals surface area contributed by atoms with E-state index in [1.807, 2.05) is 0 Å². The molecule has 0 radical (unpaired) electrons. The summed E-state index contributed by atoms with van der Waals surface area (Å²) in [6.45, 7) is 4.05. The van der Waals surface area contributed by atoms with Gasteiger partial charge in [-0.3, -0.25) is 4.79 Å². The van der Waals surface area contributed by atoms with Crippen molar-refractivity contribution in [3.05, 3.63) is 81.9 Å². The summed E-state index contributed by atoms with van der Waals surface area (Å²) in [7, 11) is 0. The van der Waals surface area contributed by atoms with Crippen LogP contribution in [0.15, 0.2) is 59.7 Å². The Morgan fingerprint density at radius 3 is 2.54 bits per heavy atom. The van der Waals surface area contributed by atoms with Gasteiger partial charge in [0.2, 0.25) is 0 Å². The van der Waals surface area contributed by atoms with Crippen molar-refractivity contribution in [1.82, 2.24) is 5.32 Å². The van der Waals surface area contributed by atoms with Crippen molar-refractivity contribution >= 4 is 17.4 Å². The quantitative estimate of drug-likeness (QED) is 0.882. The fourth-order valence-electron chi connectivity index (χ4n) is 5.11. The van der Waals surface area contributed by atoms with E-state index in [1.165, 1.54) is 22.3 Å². The van der Waals surface area contributed by atoms with Crippen molar-refractivity contribution in [2.24, 2.45) is 0 Å². The zero-order valence-corrected chi connectivity index (χ0v) is 15.1. The second-order valence-electron chi connectivity index (χ2n) is 7.74. The number of hydrogen-bond donors (Lipinski definition) is 1. The van der Waals surface area contributed by atoms with Gasteiger partial charge in [-0.15, -0.1) is 0 Å². The molecule has 2 aromatic rings. The summed E-state index contributed by atoms with van der Waals surface area (Å²) in [4.78, 5) is 13.7. The summed E-state index contributed by atoms with van der Waals surface area (Å²) < 4.78 is 0. The van der Waals surface area contributed by atoms with Crippen LogP contribution >= 0.6 is 0 Å². The minimum absolute atomic E-state index is 0.110. The van der Waals surface area contributed by atoms with Crippen LogP contribution in [0.4, 0.5) is 0 Å². The van der Waals surface area contributed by atoms with Crippen molar-refractivity contribution in [3.8, 4) is 0 Å². The Hall–Kier alpha value is -2.45. The minimum Gasteiger partial charge on any atom is -0.317 e. The van der Waals surface area contributed by atoms with Gasteiger partial charge in [0.15, 0.2) is 5.78 Å². The van der Waals surface area contributed by atoms with Crippen LogP contribution in [0.2, 0.25) is 0 Å². The van der Waals surface area contributed by atoms with E-state index in [2.05, 4.69) is 66.8 Å². The molecule has 2 heteroatoms. The van der Waals surface area contributed by atoms with E-state index in [0.717, 1.165) is 49.1 Å². The first-order chi connectivity index (χ1) is 12.7. The lowest BCUT2D eigenvalue weighted by Crippen LogP contribution is -2.42. The van der Waals surface area contributed by atoms with E-state index in [-0.39, 0.29) is 11.2 Å².